The predicted molar refractivity (Wildman–Crippen MR) is 83.7 cm³/mol. The van der Waals surface area contributed by atoms with E-state index in [0.29, 0.717) is 0 Å². The zero-order valence-electron chi connectivity index (χ0n) is 11.7. The number of thioether (sulfide) groups is 1. The summed E-state index contributed by atoms with van der Waals surface area (Å²) in [4.78, 5) is 1.27. The monoisotopic (exact) mass is 293 g/mol. The maximum atomic E-state index is 4.26. The van der Waals surface area contributed by atoms with Gasteiger partial charge >= 0.3 is 0 Å². The van der Waals surface area contributed by atoms with Crippen LogP contribution in [0.4, 0.5) is 0 Å². The molecule has 0 radical (unpaired) electrons. The van der Waals surface area contributed by atoms with Crippen molar-refractivity contribution in [2.24, 2.45) is 0 Å². The van der Waals surface area contributed by atoms with Crippen LogP contribution in [0.1, 0.15) is 25.8 Å². The topological polar surface area (TPSA) is 37.8 Å². The van der Waals surface area contributed by atoms with Crippen molar-refractivity contribution in [2.45, 2.75) is 37.8 Å². The SMILES string of the molecule is CSc1ccc(-c2nnc(CNC(C)(C)C)s2)cc1. The van der Waals surface area contributed by atoms with Crippen LogP contribution in [-0.2, 0) is 6.54 Å². The first-order chi connectivity index (χ1) is 8.98. The lowest BCUT2D eigenvalue weighted by Crippen LogP contribution is -2.35. The molecule has 0 aliphatic carbocycles. The summed E-state index contributed by atoms with van der Waals surface area (Å²) >= 11 is 3.39. The molecule has 1 aromatic carbocycles. The Kier molecular flexibility index (Phi) is 4.60. The van der Waals surface area contributed by atoms with Crippen LogP contribution >= 0.6 is 23.1 Å². The first-order valence-corrected chi connectivity index (χ1v) is 8.24. The van der Waals surface area contributed by atoms with E-state index in [-0.39, 0.29) is 5.54 Å². The Hall–Kier alpha value is -0.910. The van der Waals surface area contributed by atoms with Gasteiger partial charge in [-0.25, -0.2) is 0 Å². The summed E-state index contributed by atoms with van der Waals surface area (Å²) in [7, 11) is 0. The summed E-state index contributed by atoms with van der Waals surface area (Å²) in [6.45, 7) is 7.21. The van der Waals surface area contributed by atoms with Gasteiger partial charge < -0.3 is 5.32 Å². The van der Waals surface area contributed by atoms with Crippen LogP contribution in [0.25, 0.3) is 10.6 Å². The lowest BCUT2D eigenvalue weighted by molar-refractivity contribution is 0.423. The van der Waals surface area contributed by atoms with Crippen molar-refractivity contribution in [2.75, 3.05) is 6.26 Å². The predicted octanol–water partition coefficient (Wildman–Crippen LogP) is 3.82. The van der Waals surface area contributed by atoms with Crippen LogP contribution in [0.5, 0.6) is 0 Å². The lowest BCUT2D eigenvalue weighted by atomic mass is 10.1. The van der Waals surface area contributed by atoms with Crippen LogP contribution in [0.2, 0.25) is 0 Å². The van der Waals surface area contributed by atoms with Gasteiger partial charge in [-0.1, -0.05) is 23.5 Å². The number of nitrogens with zero attached hydrogens (tertiary/aromatic N) is 2. The summed E-state index contributed by atoms with van der Waals surface area (Å²) in [5.74, 6) is 0. The van der Waals surface area contributed by atoms with Gasteiger partial charge in [0.15, 0.2) is 0 Å². The molecule has 5 heteroatoms. The van der Waals surface area contributed by atoms with E-state index in [1.807, 2.05) is 0 Å². The summed E-state index contributed by atoms with van der Waals surface area (Å²) in [6, 6.07) is 8.45. The molecule has 102 valence electrons. The van der Waals surface area contributed by atoms with Gasteiger partial charge in [-0.15, -0.1) is 22.0 Å². The third-order valence-corrected chi connectivity index (χ3v) is 4.29. The summed E-state index contributed by atoms with van der Waals surface area (Å²) in [6.07, 6.45) is 2.08. The molecule has 0 saturated heterocycles. The minimum Gasteiger partial charge on any atom is -0.306 e. The number of aromatic nitrogens is 2. The van der Waals surface area contributed by atoms with E-state index in [9.17, 15) is 0 Å². The van der Waals surface area contributed by atoms with Gasteiger partial charge in [0.25, 0.3) is 0 Å². The molecule has 1 aromatic heterocycles. The molecule has 3 nitrogen and oxygen atoms in total. The maximum absolute atomic E-state index is 4.26. The Morgan fingerprint density at radius 2 is 1.84 bits per heavy atom. The molecule has 0 amide bonds. The van der Waals surface area contributed by atoms with Crippen LogP contribution in [-0.4, -0.2) is 22.0 Å². The van der Waals surface area contributed by atoms with Crippen molar-refractivity contribution in [1.82, 2.24) is 15.5 Å². The van der Waals surface area contributed by atoms with Crippen LogP contribution in [0.15, 0.2) is 29.2 Å². The minimum absolute atomic E-state index is 0.103. The molecule has 0 aliphatic rings. The first-order valence-electron chi connectivity index (χ1n) is 6.20. The Morgan fingerprint density at radius 1 is 1.16 bits per heavy atom. The molecule has 1 heterocycles. The summed E-state index contributed by atoms with van der Waals surface area (Å²) < 4.78 is 0. The van der Waals surface area contributed by atoms with Crippen LogP contribution in [0, 0.1) is 0 Å². The van der Waals surface area contributed by atoms with Crippen molar-refractivity contribution in [3.05, 3.63) is 29.3 Å². The molecule has 1 N–H and O–H groups in total. The molecule has 0 bridgehead atoms. The smallest absolute Gasteiger partial charge is 0.147 e. The average Bonchev–Trinajstić information content (AvgIpc) is 2.84. The van der Waals surface area contributed by atoms with Crippen molar-refractivity contribution in [3.63, 3.8) is 0 Å². The number of hydrogen-bond donors (Lipinski definition) is 1. The normalized spacial score (nSPS) is 11.8. The van der Waals surface area contributed by atoms with Gasteiger partial charge in [0.05, 0.1) is 6.54 Å². The third-order valence-electron chi connectivity index (χ3n) is 2.57. The van der Waals surface area contributed by atoms with E-state index in [0.717, 1.165) is 22.1 Å². The highest BCUT2D eigenvalue weighted by atomic mass is 32.2. The molecule has 0 atom stereocenters. The number of rotatable bonds is 4. The quantitative estimate of drug-likeness (QED) is 0.870. The summed E-state index contributed by atoms with van der Waals surface area (Å²) in [5, 5.41) is 13.9. The van der Waals surface area contributed by atoms with Crippen molar-refractivity contribution >= 4 is 23.1 Å². The van der Waals surface area contributed by atoms with Gasteiger partial charge in [-0.05, 0) is 39.2 Å². The Morgan fingerprint density at radius 3 is 2.42 bits per heavy atom. The molecule has 19 heavy (non-hydrogen) atoms. The Labute approximate surface area is 122 Å². The number of hydrogen-bond acceptors (Lipinski definition) is 5. The second-order valence-electron chi connectivity index (χ2n) is 5.33. The molecular weight excluding hydrogens is 274 g/mol. The summed E-state index contributed by atoms with van der Waals surface area (Å²) in [5.41, 5.74) is 1.24. The van der Waals surface area contributed by atoms with E-state index < -0.39 is 0 Å². The molecule has 0 saturated carbocycles. The molecule has 0 spiro atoms. The molecule has 2 rings (SSSR count). The molecule has 2 aromatic rings. The van der Waals surface area contributed by atoms with Gasteiger partial charge in [-0.2, -0.15) is 0 Å². The Bertz CT molecular complexity index is 526. The highest BCUT2D eigenvalue weighted by Crippen LogP contribution is 2.25. The number of nitrogens with one attached hydrogen (secondary N) is 1. The fourth-order valence-electron chi connectivity index (χ4n) is 1.52. The standard InChI is InChI=1S/C14H19N3S2/c1-14(2,3)15-9-12-16-17-13(19-12)10-5-7-11(18-4)8-6-10/h5-8,15H,9H2,1-4H3. The number of benzene rings is 1. The highest BCUT2D eigenvalue weighted by molar-refractivity contribution is 7.98. The Balaban J connectivity index is 2.07. The van der Waals surface area contributed by atoms with Crippen molar-refractivity contribution in [3.8, 4) is 10.6 Å². The van der Waals surface area contributed by atoms with E-state index in [4.69, 9.17) is 0 Å². The van der Waals surface area contributed by atoms with E-state index in [1.165, 1.54) is 4.90 Å². The molecule has 0 aliphatic heterocycles. The average molecular weight is 293 g/mol. The van der Waals surface area contributed by atoms with E-state index >= 15 is 0 Å². The fourth-order valence-corrected chi connectivity index (χ4v) is 2.71. The third kappa shape index (κ3) is 4.30. The van der Waals surface area contributed by atoms with Gasteiger partial charge in [0.2, 0.25) is 0 Å². The van der Waals surface area contributed by atoms with Crippen LogP contribution < -0.4 is 5.32 Å². The second kappa shape index (κ2) is 6.03. The largest absolute Gasteiger partial charge is 0.306 e. The van der Waals surface area contributed by atoms with Crippen molar-refractivity contribution < 1.29 is 0 Å². The first kappa shape index (κ1) is 14.5. The van der Waals surface area contributed by atoms with Crippen LogP contribution in [0.3, 0.4) is 0 Å². The zero-order valence-corrected chi connectivity index (χ0v) is 13.4. The lowest BCUT2D eigenvalue weighted by Gasteiger charge is -2.19. The maximum Gasteiger partial charge on any atom is 0.147 e. The van der Waals surface area contributed by atoms with Gasteiger partial charge in [0, 0.05) is 16.0 Å². The van der Waals surface area contributed by atoms with Gasteiger partial charge in [0.1, 0.15) is 10.0 Å². The molecular formula is C14H19N3S2. The molecule has 0 unspecified atom stereocenters. The van der Waals surface area contributed by atoms with Crippen molar-refractivity contribution in [1.29, 1.82) is 0 Å². The van der Waals surface area contributed by atoms with E-state index in [1.54, 1.807) is 23.1 Å². The minimum atomic E-state index is 0.103. The van der Waals surface area contributed by atoms with E-state index in [2.05, 4.69) is 66.8 Å². The molecule has 0 fully saturated rings. The highest BCUT2D eigenvalue weighted by Gasteiger charge is 2.11. The second-order valence-corrected chi connectivity index (χ2v) is 7.27. The fraction of sp³-hybridized carbons (Fsp3) is 0.429. The zero-order chi connectivity index (χ0) is 13.9. The van der Waals surface area contributed by atoms with Gasteiger partial charge in [-0.3, -0.25) is 0 Å².